The van der Waals surface area contributed by atoms with Crippen LogP contribution in [0.3, 0.4) is 0 Å². The van der Waals surface area contributed by atoms with Gasteiger partial charge < -0.3 is 10.0 Å². The lowest BCUT2D eigenvalue weighted by molar-refractivity contribution is -0.126. The summed E-state index contributed by atoms with van der Waals surface area (Å²) in [5, 5.41) is 10.7. The zero-order valence-electron chi connectivity index (χ0n) is 16.7. The van der Waals surface area contributed by atoms with Crippen LogP contribution in [0.2, 0.25) is 0 Å². The zero-order valence-corrected chi connectivity index (χ0v) is 16.7. The van der Waals surface area contributed by atoms with Gasteiger partial charge in [-0.15, -0.1) is 0 Å². The molecule has 0 radical (unpaired) electrons. The van der Waals surface area contributed by atoms with Crippen LogP contribution in [0.15, 0.2) is 72.8 Å². The molecule has 0 bridgehead atoms. The van der Waals surface area contributed by atoms with E-state index in [0.29, 0.717) is 12.1 Å². The molecule has 3 heteroatoms. The van der Waals surface area contributed by atoms with E-state index in [2.05, 4.69) is 38.1 Å². The average Bonchev–Trinajstić information content (AvgIpc) is 2.72. The van der Waals surface area contributed by atoms with Gasteiger partial charge in [-0.3, -0.25) is 4.79 Å². The summed E-state index contributed by atoms with van der Waals surface area (Å²) in [5.41, 5.74) is 6.11. The molecule has 0 saturated heterocycles. The van der Waals surface area contributed by atoms with Gasteiger partial charge in [0.15, 0.2) is 6.10 Å². The molecule has 0 aliphatic carbocycles. The smallest absolute Gasteiger partial charge is 0.260 e. The van der Waals surface area contributed by atoms with Crippen molar-refractivity contribution in [2.45, 2.75) is 33.3 Å². The Balaban J connectivity index is 1.87. The first kappa shape index (κ1) is 19.8. The van der Waals surface area contributed by atoms with Gasteiger partial charge in [0.05, 0.1) is 0 Å². The fourth-order valence-electron chi connectivity index (χ4n) is 3.18. The van der Waals surface area contributed by atoms with Gasteiger partial charge in [0.2, 0.25) is 0 Å². The first-order valence-electron chi connectivity index (χ1n) is 9.63. The maximum absolute atomic E-state index is 13.2. The number of rotatable bonds is 6. The molecule has 1 atom stereocenters. The van der Waals surface area contributed by atoms with E-state index >= 15 is 0 Å². The van der Waals surface area contributed by atoms with E-state index in [-0.39, 0.29) is 5.91 Å². The van der Waals surface area contributed by atoms with Gasteiger partial charge in [-0.25, -0.2) is 0 Å². The minimum atomic E-state index is -1.18. The number of carbonyl (C=O) groups is 1. The fourth-order valence-corrected chi connectivity index (χ4v) is 3.18. The van der Waals surface area contributed by atoms with E-state index in [4.69, 9.17) is 0 Å². The molecule has 1 amide bonds. The van der Waals surface area contributed by atoms with Crippen LogP contribution >= 0.6 is 0 Å². The van der Waals surface area contributed by atoms with Crippen molar-refractivity contribution in [3.05, 3.63) is 101 Å². The number of aliphatic hydroxyl groups excluding tert-OH is 1. The van der Waals surface area contributed by atoms with Crippen molar-refractivity contribution in [1.29, 1.82) is 0 Å². The molecule has 144 valence electrons. The number of aliphatic hydroxyl groups is 1. The highest BCUT2D eigenvalue weighted by atomic mass is 16.3. The van der Waals surface area contributed by atoms with Crippen LogP contribution in [0, 0.1) is 20.8 Å². The summed E-state index contributed by atoms with van der Waals surface area (Å²) >= 11 is 0. The predicted octanol–water partition coefficient (Wildman–Crippen LogP) is 4.92. The minimum Gasteiger partial charge on any atom is -0.378 e. The number of carbonyl (C=O) groups excluding carboxylic acids is 1. The maximum atomic E-state index is 13.2. The molecular weight excluding hydrogens is 346 g/mol. The predicted molar refractivity (Wildman–Crippen MR) is 115 cm³/mol. The van der Waals surface area contributed by atoms with Gasteiger partial charge in [0.1, 0.15) is 0 Å². The second kappa shape index (κ2) is 8.85. The lowest BCUT2D eigenvalue weighted by atomic mass is 10.0. The molecule has 0 aliphatic rings. The molecule has 3 aromatic rings. The van der Waals surface area contributed by atoms with Gasteiger partial charge in [0.25, 0.3) is 5.91 Å². The summed E-state index contributed by atoms with van der Waals surface area (Å²) in [6, 6.07) is 23.4. The van der Waals surface area contributed by atoms with Crippen LogP contribution in [0.5, 0.6) is 0 Å². The summed E-state index contributed by atoms with van der Waals surface area (Å²) in [5.74, 6) is -0.304. The SMILES string of the molecule is Cc1ccc(CCN(C(=O)[C@@H](O)c2ccccc2)c2ccc(C)c(C)c2)cc1. The Hall–Kier alpha value is -2.91. The Morgan fingerprint density at radius 2 is 1.57 bits per heavy atom. The highest BCUT2D eigenvalue weighted by Crippen LogP contribution is 2.24. The van der Waals surface area contributed by atoms with Gasteiger partial charge in [-0.2, -0.15) is 0 Å². The van der Waals surface area contributed by atoms with Crippen LogP contribution in [0.1, 0.15) is 33.9 Å². The molecule has 0 aliphatic heterocycles. The molecule has 0 spiro atoms. The monoisotopic (exact) mass is 373 g/mol. The fraction of sp³-hybridized carbons (Fsp3) is 0.240. The molecule has 3 nitrogen and oxygen atoms in total. The summed E-state index contributed by atoms with van der Waals surface area (Å²) in [6.45, 7) is 6.66. The lowest BCUT2D eigenvalue weighted by Gasteiger charge is -2.26. The number of hydrogen-bond acceptors (Lipinski definition) is 2. The minimum absolute atomic E-state index is 0.304. The summed E-state index contributed by atoms with van der Waals surface area (Å²) < 4.78 is 0. The highest BCUT2D eigenvalue weighted by molar-refractivity contribution is 5.97. The van der Waals surface area contributed by atoms with Crippen LogP contribution < -0.4 is 4.90 Å². The third-order valence-electron chi connectivity index (χ3n) is 5.16. The van der Waals surface area contributed by atoms with Gasteiger partial charge >= 0.3 is 0 Å². The molecule has 0 fully saturated rings. The van der Waals surface area contributed by atoms with Crippen molar-refractivity contribution in [1.82, 2.24) is 0 Å². The first-order valence-corrected chi connectivity index (χ1v) is 9.63. The topological polar surface area (TPSA) is 40.5 Å². The number of nitrogens with zero attached hydrogens (tertiary/aromatic N) is 1. The Morgan fingerprint density at radius 3 is 2.21 bits per heavy atom. The Labute approximate surface area is 167 Å². The molecule has 0 heterocycles. The number of benzene rings is 3. The highest BCUT2D eigenvalue weighted by Gasteiger charge is 2.25. The van der Waals surface area contributed by atoms with Gasteiger partial charge in [0, 0.05) is 12.2 Å². The molecular formula is C25H27NO2. The Morgan fingerprint density at radius 1 is 0.893 bits per heavy atom. The molecule has 3 rings (SSSR count). The normalized spacial score (nSPS) is 11.9. The Bertz CT molecular complexity index is 933. The largest absolute Gasteiger partial charge is 0.378 e. The number of aryl methyl sites for hydroxylation is 3. The summed E-state index contributed by atoms with van der Waals surface area (Å²) in [4.78, 5) is 14.9. The molecule has 0 aromatic heterocycles. The first-order chi connectivity index (χ1) is 13.5. The van der Waals surface area contributed by atoms with Gasteiger partial charge in [-0.05, 0) is 61.6 Å². The summed E-state index contributed by atoms with van der Waals surface area (Å²) in [6.07, 6.45) is -0.457. The summed E-state index contributed by atoms with van der Waals surface area (Å²) in [7, 11) is 0. The molecule has 0 saturated carbocycles. The quantitative estimate of drug-likeness (QED) is 0.666. The van der Waals surface area contributed by atoms with E-state index in [1.807, 2.05) is 43.3 Å². The maximum Gasteiger partial charge on any atom is 0.260 e. The van der Waals surface area contributed by atoms with Crippen LogP contribution in [-0.2, 0) is 11.2 Å². The van der Waals surface area contributed by atoms with E-state index < -0.39 is 6.10 Å². The molecule has 0 unspecified atom stereocenters. The third kappa shape index (κ3) is 4.68. The van der Waals surface area contributed by atoms with Gasteiger partial charge in [-0.1, -0.05) is 66.2 Å². The molecule has 3 aromatic carbocycles. The van der Waals surface area contributed by atoms with Crippen molar-refractivity contribution in [2.75, 3.05) is 11.4 Å². The standard InChI is InChI=1S/C25H27NO2/c1-18-9-12-21(13-10-18)15-16-26(23-14-11-19(2)20(3)17-23)25(28)24(27)22-7-5-4-6-8-22/h4-14,17,24,27H,15-16H2,1-3H3/t24-/m0/s1. The molecule has 1 N–H and O–H groups in total. The lowest BCUT2D eigenvalue weighted by Crippen LogP contribution is -2.37. The second-order valence-electron chi connectivity index (χ2n) is 7.31. The van der Waals surface area contributed by atoms with Crippen molar-refractivity contribution < 1.29 is 9.90 Å². The molecule has 28 heavy (non-hydrogen) atoms. The van der Waals surface area contributed by atoms with Crippen molar-refractivity contribution in [3.8, 4) is 0 Å². The van der Waals surface area contributed by atoms with Crippen LogP contribution in [-0.4, -0.2) is 17.6 Å². The van der Waals surface area contributed by atoms with E-state index in [1.54, 1.807) is 17.0 Å². The van der Waals surface area contributed by atoms with Crippen molar-refractivity contribution in [3.63, 3.8) is 0 Å². The number of anilines is 1. The van der Waals surface area contributed by atoms with Crippen LogP contribution in [0.25, 0.3) is 0 Å². The van der Waals surface area contributed by atoms with Crippen molar-refractivity contribution in [2.24, 2.45) is 0 Å². The van der Waals surface area contributed by atoms with E-state index in [0.717, 1.165) is 17.7 Å². The number of hydrogen-bond donors (Lipinski definition) is 1. The van der Waals surface area contributed by atoms with E-state index in [9.17, 15) is 9.90 Å². The average molecular weight is 373 g/mol. The third-order valence-corrected chi connectivity index (χ3v) is 5.16. The van der Waals surface area contributed by atoms with Crippen LogP contribution in [0.4, 0.5) is 5.69 Å². The van der Waals surface area contributed by atoms with Crippen molar-refractivity contribution >= 4 is 11.6 Å². The zero-order chi connectivity index (χ0) is 20.1. The number of amides is 1. The van der Waals surface area contributed by atoms with E-state index in [1.165, 1.54) is 16.7 Å². The second-order valence-corrected chi connectivity index (χ2v) is 7.31. The Kier molecular flexibility index (Phi) is 6.27.